The van der Waals surface area contributed by atoms with Crippen molar-refractivity contribution in [3.05, 3.63) is 0 Å². The van der Waals surface area contributed by atoms with Gasteiger partial charge in [-0.05, 0) is 6.42 Å². The lowest BCUT2D eigenvalue weighted by Crippen LogP contribution is -2.03. The maximum absolute atomic E-state index is 9.34. The molecule has 0 aliphatic carbocycles. The predicted molar refractivity (Wildman–Crippen MR) is 25.5 cm³/mol. The first-order chi connectivity index (χ1) is 3.31. The molecule has 0 saturated heterocycles. The molecule has 42 valence electrons. The summed E-state index contributed by atoms with van der Waals surface area (Å²) in [7, 11) is 0. The normalized spacial score (nSPS) is 15.1. The first-order valence-corrected chi connectivity index (χ1v) is 2.43. The second-order valence-electron chi connectivity index (χ2n) is 1.62. The Bertz CT molecular complexity index is 59.1. The smallest absolute Gasteiger partial charge is 0.321 e. The Balaban J connectivity index is 3.16. The minimum absolute atomic E-state index is 0.289. The van der Waals surface area contributed by atoms with Gasteiger partial charge in [-0.25, -0.2) is 0 Å². The Morgan fingerprint density at radius 1 is 1.86 bits per heavy atom. The molecule has 0 aromatic carbocycles. The van der Waals surface area contributed by atoms with Gasteiger partial charge in [0.25, 0.3) is 0 Å². The van der Waals surface area contributed by atoms with Gasteiger partial charge in [-0.15, -0.1) is 0 Å². The molecule has 0 heterocycles. The van der Waals surface area contributed by atoms with E-state index in [1.807, 2.05) is 13.8 Å². The van der Waals surface area contributed by atoms with Crippen LogP contribution in [-0.2, 0) is 4.58 Å². The fourth-order valence-electron chi connectivity index (χ4n) is 0.191. The maximum atomic E-state index is 9.34. The van der Waals surface area contributed by atoms with Gasteiger partial charge >= 0.3 is 6.29 Å². The summed E-state index contributed by atoms with van der Waals surface area (Å²) in [4.78, 5) is 0. The summed E-state index contributed by atoms with van der Waals surface area (Å²) in [6.07, 6.45) is 2.25. The summed E-state index contributed by atoms with van der Waals surface area (Å²) < 4.78 is 3.52. The first kappa shape index (κ1) is 6.47. The van der Waals surface area contributed by atoms with Gasteiger partial charge in [-0.3, -0.25) is 0 Å². The average Bonchev–Trinajstić information content (AvgIpc) is 1.68. The zero-order valence-electron chi connectivity index (χ0n) is 4.68. The van der Waals surface area contributed by atoms with Crippen molar-refractivity contribution in [2.24, 2.45) is 5.92 Å². The minimum atomic E-state index is 0.289. The molecule has 2 heteroatoms. The number of carbonyl (C=O) groups excluding carboxylic acids is 1. The molecule has 0 rings (SSSR count). The van der Waals surface area contributed by atoms with Crippen molar-refractivity contribution < 1.29 is 9.83 Å². The van der Waals surface area contributed by atoms with Gasteiger partial charge < -0.3 is 5.26 Å². The van der Waals surface area contributed by atoms with E-state index in [0.29, 0.717) is 0 Å². The van der Waals surface area contributed by atoms with Crippen molar-refractivity contribution in [2.75, 3.05) is 0 Å². The zero-order valence-corrected chi connectivity index (χ0v) is 4.68. The highest BCUT2D eigenvalue weighted by molar-refractivity contribution is 5.52. The maximum Gasteiger partial charge on any atom is 0.321 e. The van der Waals surface area contributed by atoms with Crippen molar-refractivity contribution in [1.82, 2.24) is 0 Å². The molecule has 0 bridgehead atoms. The highest BCUT2D eigenvalue weighted by Gasteiger charge is 1.97. The fraction of sp³-hybridized carbons (Fsp3) is 0.800. The van der Waals surface area contributed by atoms with Crippen molar-refractivity contribution in [3.8, 4) is 0 Å². The Morgan fingerprint density at radius 2 is 2.43 bits per heavy atom. The number of hydrogen-bond donors (Lipinski definition) is 0. The molecule has 1 unspecified atom stereocenters. The third-order valence-electron chi connectivity index (χ3n) is 0.932. The molecular weight excluding hydrogens is 92.1 g/mol. The molecule has 0 fully saturated rings. The van der Waals surface area contributed by atoms with Crippen LogP contribution >= 0.6 is 0 Å². The molecular formula is C5H10O2. The molecule has 0 aromatic rings. The summed E-state index contributed by atoms with van der Waals surface area (Å²) in [6, 6.07) is 0. The van der Waals surface area contributed by atoms with E-state index < -0.39 is 0 Å². The van der Waals surface area contributed by atoms with Crippen molar-refractivity contribution in [3.63, 3.8) is 0 Å². The standard InChI is InChI=1S/C5H10O2/c1-3-5(2)4-7-6/h4-5H,3H2,1-2H3. The largest absolute Gasteiger partial charge is 0.463 e. The van der Waals surface area contributed by atoms with Crippen LogP contribution in [0.4, 0.5) is 0 Å². The summed E-state index contributed by atoms with van der Waals surface area (Å²) in [5.74, 6) is 0.289. The van der Waals surface area contributed by atoms with Gasteiger partial charge in [0.2, 0.25) is 0 Å². The van der Waals surface area contributed by atoms with Crippen molar-refractivity contribution in [2.45, 2.75) is 20.3 Å². The lowest BCUT2D eigenvalue weighted by molar-refractivity contribution is -1.04. The van der Waals surface area contributed by atoms with E-state index in [4.69, 9.17) is 0 Å². The highest BCUT2D eigenvalue weighted by atomic mass is 17.1. The SMILES string of the molecule is CCC(C)C=[O+][O-]. The lowest BCUT2D eigenvalue weighted by Gasteiger charge is -1.87. The predicted octanol–water partition coefficient (Wildman–Crippen LogP) is 0.0424. The van der Waals surface area contributed by atoms with Crippen LogP contribution in [0.5, 0.6) is 0 Å². The van der Waals surface area contributed by atoms with E-state index in [9.17, 15) is 5.26 Å². The van der Waals surface area contributed by atoms with Crippen LogP contribution in [0.25, 0.3) is 0 Å². The van der Waals surface area contributed by atoms with Crippen LogP contribution in [0.2, 0.25) is 0 Å². The fourth-order valence-corrected chi connectivity index (χ4v) is 0.191. The van der Waals surface area contributed by atoms with Gasteiger partial charge in [-0.1, -0.05) is 13.8 Å². The third-order valence-corrected chi connectivity index (χ3v) is 0.932. The quantitative estimate of drug-likeness (QED) is 0.210. The van der Waals surface area contributed by atoms with Crippen LogP contribution in [0, 0.1) is 5.92 Å². The number of aldehydes is 1. The van der Waals surface area contributed by atoms with Gasteiger partial charge in [0.05, 0.1) is 5.92 Å². The molecule has 0 N–H and O–H groups in total. The highest BCUT2D eigenvalue weighted by Crippen LogP contribution is 1.92. The van der Waals surface area contributed by atoms with Crippen molar-refractivity contribution in [1.29, 1.82) is 0 Å². The molecule has 0 spiro atoms. The second-order valence-corrected chi connectivity index (χ2v) is 1.62. The van der Waals surface area contributed by atoms with Gasteiger partial charge in [0.1, 0.15) is 0 Å². The van der Waals surface area contributed by atoms with Gasteiger partial charge in [-0.2, -0.15) is 4.58 Å². The van der Waals surface area contributed by atoms with Crippen LogP contribution in [0.3, 0.4) is 0 Å². The molecule has 0 amide bonds. The Hall–Kier alpha value is -0.530. The molecule has 0 aliphatic heterocycles. The second kappa shape index (κ2) is 3.65. The van der Waals surface area contributed by atoms with Crippen LogP contribution in [0.1, 0.15) is 20.3 Å². The topological polar surface area (TPSA) is 34.4 Å². The van der Waals surface area contributed by atoms with E-state index in [1.54, 1.807) is 0 Å². The molecule has 0 saturated carbocycles. The first-order valence-electron chi connectivity index (χ1n) is 2.43. The Kier molecular flexibility index (Phi) is 3.38. The minimum Gasteiger partial charge on any atom is -0.463 e. The number of hydrogen-bond acceptors (Lipinski definition) is 1. The molecule has 1 atom stereocenters. The molecule has 7 heavy (non-hydrogen) atoms. The van der Waals surface area contributed by atoms with E-state index in [2.05, 4.69) is 4.58 Å². The molecule has 0 aromatic heterocycles. The lowest BCUT2D eigenvalue weighted by atomic mass is 10.2. The summed E-state index contributed by atoms with van der Waals surface area (Å²) in [5.41, 5.74) is 0. The summed E-state index contributed by atoms with van der Waals surface area (Å²) in [5, 5.41) is 9.34. The number of rotatable bonds is 2. The van der Waals surface area contributed by atoms with E-state index in [1.165, 1.54) is 6.29 Å². The molecule has 2 nitrogen and oxygen atoms in total. The van der Waals surface area contributed by atoms with Crippen LogP contribution in [-0.4, -0.2) is 6.29 Å². The average molecular weight is 102 g/mol. The van der Waals surface area contributed by atoms with E-state index in [-0.39, 0.29) is 5.92 Å². The van der Waals surface area contributed by atoms with Gasteiger partial charge in [0, 0.05) is 0 Å². The monoisotopic (exact) mass is 102 g/mol. The third kappa shape index (κ3) is 3.30. The molecule has 0 aliphatic rings. The van der Waals surface area contributed by atoms with Crippen molar-refractivity contribution >= 4 is 6.29 Å². The molecule has 0 radical (unpaired) electrons. The zero-order chi connectivity index (χ0) is 5.70. The van der Waals surface area contributed by atoms with Crippen LogP contribution < -0.4 is 5.26 Å². The van der Waals surface area contributed by atoms with E-state index in [0.717, 1.165) is 6.42 Å². The Morgan fingerprint density at radius 3 is 2.57 bits per heavy atom. The van der Waals surface area contributed by atoms with Gasteiger partial charge in [0.15, 0.2) is 0 Å². The summed E-state index contributed by atoms with van der Waals surface area (Å²) in [6.45, 7) is 3.93. The van der Waals surface area contributed by atoms with Crippen LogP contribution in [0.15, 0.2) is 0 Å². The summed E-state index contributed by atoms with van der Waals surface area (Å²) >= 11 is 0. The van der Waals surface area contributed by atoms with E-state index >= 15 is 0 Å². The Labute approximate surface area is 43.4 Å².